The summed E-state index contributed by atoms with van der Waals surface area (Å²) in [4.78, 5) is 0.370. The molecule has 0 heterocycles. The second kappa shape index (κ2) is 8.75. The van der Waals surface area contributed by atoms with Gasteiger partial charge in [-0.15, -0.1) is 0 Å². The number of hydrogen-bond donors (Lipinski definition) is 0. The Morgan fingerprint density at radius 2 is 1.21 bits per heavy atom. The molecule has 82 valence electrons. The van der Waals surface area contributed by atoms with Crippen LogP contribution in [0.5, 0.6) is 0 Å². The van der Waals surface area contributed by atoms with Crippen molar-refractivity contribution in [3.63, 3.8) is 0 Å². The van der Waals surface area contributed by atoms with Crippen LogP contribution < -0.4 is 0 Å². The van der Waals surface area contributed by atoms with Gasteiger partial charge in [0.25, 0.3) is 0 Å². The van der Waals surface area contributed by atoms with Crippen LogP contribution in [0.2, 0.25) is 0 Å². The molecule has 3 heteroatoms. The van der Waals surface area contributed by atoms with E-state index in [9.17, 15) is 8.42 Å². The summed E-state index contributed by atoms with van der Waals surface area (Å²) < 4.78 is 21.7. The molecule has 14 heavy (non-hydrogen) atoms. The van der Waals surface area contributed by atoms with Crippen molar-refractivity contribution in [3.8, 4) is 0 Å². The van der Waals surface area contributed by atoms with E-state index in [1.807, 2.05) is 27.7 Å². The molecule has 1 aromatic carbocycles. The Morgan fingerprint density at radius 1 is 0.857 bits per heavy atom. The maximum absolute atomic E-state index is 10.8. The lowest BCUT2D eigenvalue weighted by atomic mass is 10.4. The monoisotopic (exact) mass is 216 g/mol. The van der Waals surface area contributed by atoms with Crippen LogP contribution in [0.1, 0.15) is 27.7 Å². The summed E-state index contributed by atoms with van der Waals surface area (Å²) in [5.74, 6) is 0. The van der Waals surface area contributed by atoms with E-state index < -0.39 is 9.84 Å². The second-order valence-electron chi connectivity index (χ2n) is 2.09. The first-order chi connectivity index (χ1) is 6.61. The topological polar surface area (TPSA) is 34.1 Å². The highest BCUT2D eigenvalue weighted by atomic mass is 32.2. The molecule has 1 rings (SSSR count). The molecule has 0 amide bonds. The maximum atomic E-state index is 10.8. The summed E-state index contributed by atoms with van der Waals surface area (Å²) in [6, 6.07) is 8.35. The van der Waals surface area contributed by atoms with Crippen molar-refractivity contribution in [1.82, 2.24) is 0 Å². The van der Waals surface area contributed by atoms with E-state index in [1.54, 1.807) is 30.3 Å². The Bertz CT molecular complexity index is 301. The third kappa shape index (κ3) is 6.66. The summed E-state index contributed by atoms with van der Waals surface area (Å²) in [6.07, 6.45) is 1.20. The van der Waals surface area contributed by atoms with Crippen LogP contribution in [0.25, 0.3) is 0 Å². The molecule has 0 fully saturated rings. The van der Waals surface area contributed by atoms with Gasteiger partial charge in [-0.3, -0.25) is 0 Å². The summed E-state index contributed by atoms with van der Waals surface area (Å²) >= 11 is 0. The van der Waals surface area contributed by atoms with E-state index in [1.165, 1.54) is 6.26 Å². The highest BCUT2D eigenvalue weighted by molar-refractivity contribution is 7.90. The molecule has 0 radical (unpaired) electrons. The van der Waals surface area contributed by atoms with Gasteiger partial charge in [-0.25, -0.2) is 8.42 Å². The van der Waals surface area contributed by atoms with Crippen molar-refractivity contribution in [2.45, 2.75) is 32.6 Å². The maximum Gasteiger partial charge on any atom is 0.175 e. The Labute approximate surface area is 87.9 Å². The molecule has 0 saturated carbocycles. The number of hydrogen-bond acceptors (Lipinski definition) is 2. The van der Waals surface area contributed by atoms with Gasteiger partial charge in [-0.05, 0) is 12.1 Å². The van der Waals surface area contributed by atoms with E-state index in [0.29, 0.717) is 4.90 Å². The lowest BCUT2D eigenvalue weighted by Crippen LogP contribution is -1.95. The highest BCUT2D eigenvalue weighted by Gasteiger charge is 2.02. The normalized spacial score (nSPS) is 8.93. The van der Waals surface area contributed by atoms with E-state index in [2.05, 4.69) is 0 Å². The van der Waals surface area contributed by atoms with E-state index >= 15 is 0 Å². The fraction of sp³-hybridized carbons (Fsp3) is 0.455. The fourth-order valence-corrected chi connectivity index (χ4v) is 1.32. The molecular formula is C11H20O2S. The minimum atomic E-state index is -3.00. The Morgan fingerprint density at radius 3 is 1.43 bits per heavy atom. The minimum Gasteiger partial charge on any atom is -0.224 e. The zero-order valence-corrected chi connectivity index (χ0v) is 10.4. The van der Waals surface area contributed by atoms with Crippen LogP contribution in [-0.4, -0.2) is 14.7 Å². The second-order valence-corrected chi connectivity index (χ2v) is 4.10. The first-order valence-electron chi connectivity index (χ1n) is 4.86. The Hall–Kier alpha value is -0.830. The highest BCUT2D eigenvalue weighted by Crippen LogP contribution is 2.05. The molecule has 0 saturated heterocycles. The van der Waals surface area contributed by atoms with Crippen molar-refractivity contribution in [2.24, 2.45) is 0 Å². The minimum absolute atomic E-state index is 0.370. The van der Waals surface area contributed by atoms with Crippen LogP contribution in [0, 0.1) is 0 Å². The SMILES string of the molecule is CC.CC.CS(=O)(=O)c1ccccc1. The van der Waals surface area contributed by atoms with Gasteiger partial charge in [0, 0.05) is 6.26 Å². The standard InChI is InChI=1S/C7H8O2S.2C2H6/c1-10(8,9)7-5-3-2-4-6-7;2*1-2/h2-6H,1H3;2*1-2H3. The van der Waals surface area contributed by atoms with Gasteiger partial charge in [0.15, 0.2) is 9.84 Å². The molecule has 0 aromatic heterocycles. The van der Waals surface area contributed by atoms with Crippen molar-refractivity contribution in [3.05, 3.63) is 30.3 Å². The molecule has 0 aliphatic carbocycles. The van der Waals surface area contributed by atoms with Gasteiger partial charge in [0.2, 0.25) is 0 Å². The molecule has 2 nitrogen and oxygen atoms in total. The van der Waals surface area contributed by atoms with Crippen LogP contribution >= 0.6 is 0 Å². The summed E-state index contributed by atoms with van der Waals surface area (Å²) in [5, 5.41) is 0. The van der Waals surface area contributed by atoms with Crippen molar-refractivity contribution < 1.29 is 8.42 Å². The molecular weight excluding hydrogens is 196 g/mol. The van der Waals surface area contributed by atoms with Crippen LogP contribution in [-0.2, 0) is 9.84 Å². The number of rotatable bonds is 1. The van der Waals surface area contributed by atoms with Crippen LogP contribution in [0.4, 0.5) is 0 Å². The van der Waals surface area contributed by atoms with Crippen molar-refractivity contribution >= 4 is 9.84 Å². The van der Waals surface area contributed by atoms with E-state index in [0.717, 1.165) is 0 Å². The third-order valence-corrected chi connectivity index (χ3v) is 2.30. The molecule has 1 aromatic rings. The van der Waals surface area contributed by atoms with Crippen LogP contribution in [0.15, 0.2) is 35.2 Å². The average Bonchev–Trinajstić information content (AvgIpc) is 2.24. The lowest BCUT2D eigenvalue weighted by molar-refractivity contribution is 0.602. The number of benzene rings is 1. The summed E-state index contributed by atoms with van der Waals surface area (Å²) in [5.41, 5.74) is 0. The lowest BCUT2D eigenvalue weighted by Gasteiger charge is -1.93. The molecule has 0 N–H and O–H groups in total. The molecule has 0 spiro atoms. The van der Waals surface area contributed by atoms with Gasteiger partial charge in [0.1, 0.15) is 0 Å². The molecule has 0 bridgehead atoms. The molecule has 0 unspecified atom stereocenters. The van der Waals surface area contributed by atoms with Gasteiger partial charge in [0.05, 0.1) is 4.90 Å². The van der Waals surface area contributed by atoms with Crippen LogP contribution in [0.3, 0.4) is 0 Å². The Kier molecular flexibility index (Phi) is 9.78. The first-order valence-corrected chi connectivity index (χ1v) is 6.75. The predicted molar refractivity (Wildman–Crippen MR) is 62.2 cm³/mol. The summed E-state index contributed by atoms with van der Waals surface area (Å²) in [7, 11) is -3.00. The fourth-order valence-electron chi connectivity index (χ4n) is 0.668. The smallest absolute Gasteiger partial charge is 0.175 e. The van der Waals surface area contributed by atoms with E-state index in [4.69, 9.17) is 0 Å². The predicted octanol–water partition coefficient (Wildman–Crippen LogP) is 3.14. The van der Waals surface area contributed by atoms with Gasteiger partial charge in [-0.1, -0.05) is 45.9 Å². The largest absolute Gasteiger partial charge is 0.224 e. The Balaban J connectivity index is 0. The zero-order chi connectivity index (χ0) is 11.6. The number of sulfone groups is 1. The van der Waals surface area contributed by atoms with Gasteiger partial charge in [-0.2, -0.15) is 0 Å². The zero-order valence-electron chi connectivity index (χ0n) is 9.61. The van der Waals surface area contributed by atoms with Crippen molar-refractivity contribution in [2.75, 3.05) is 6.26 Å². The van der Waals surface area contributed by atoms with Gasteiger partial charge >= 0.3 is 0 Å². The summed E-state index contributed by atoms with van der Waals surface area (Å²) in [6.45, 7) is 8.00. The van der Waals surface area contributed by atoms with Crippen molar-refractivity contribution in [1.29, 1.82) is 0 Å². The molecule has 0 aliphatic rings. The van der Waals surface area contributed by atoms with E-state index in [-0.39, 0.29) is 0 Å². The molecule has 0 atom stereocenters. The quantitative estimate of drug-likeness (QED) is 0.722. The third-order valence-electron chi connectivity index (χ3n) is 1.17. The van der Waals surface area contributed by atoms with Gasteiger partial charge < -0.3 is 0 Å². The first kappa shape index (κ1) is 15.6. The molecule has 0 aliphatic heterocycles. The average molecular weight is 216 g/mol.